The number of alkyl halides is 3. The summed E-state index contributed by atoms with van der Waals surface area (Å²) in [5, 5.41) is -0.0418. The first-order valence-electron chi connectivity index (χ1n) is 3.82. The number of aromatic nitrogens is 1. The SMILES string of the molecule is Fc1c[nH]c2ccc(C(F)(F)F)cc12. The zero-order valence-corrected chi connectivity index (χ0v) is 6.82. The van der Waals surface area contributed by atoms with Crippen molar-refractivity contribution in [3.63, 3.8) is 0 Å². The number of halogens is 4. The fraction of sp³-hybridized carbons (Fsp3) is 0.111. The molecule has 0 unspecified atom stereocenters. The van der Waals surface area contributed by atoms with Gasteiger partial charge in [-0.15, -0.1) is 0 Å². The second kappa shape index (κ2) is 2.73. The predicted octanol–water partition coefficient (Wildman–Crippen LogP) is 3.33. The van der Waals surface area contributed by atoms with Crippen LogP contribution in [0.4, 0.5) is 17.6 Å². The summed E-state index contributed by atoms with van der Waals surface area (Å²) >= 11 is 0. The van der Waals surface area contributed by atoms with Gasteiger partial charge in [0.15, 0.2) is 0 Å². The standard InChI is InChI=1S/C9H5F4N/c10-7-4-14-8-2-1-5(3-6(7)8)9(11,12)13/h1-4,14H. The van der Waals surface area contributed by atoms with E-state index in [0.29, 0.717) is 5.52 Å². The quantitative estimate of drug-likeness (QED) is 0.632. The Hall–Kier alpha value is -1.52. The zero-order chi connectivity index (χ0) is 10.3. The summed E-state index contributed by atoms with van der Waals surface area (Å²) in [6.45, 7) is 0. The van der Waals surface area contributed by atoms with Crippen LogP contribution >= 0.6 is 0 Å². The molecule has 0 aliphatic rings. The average Bonchev–Trinajstić information content (AvgIpc) is 2.46. The molecule has 0 atom stereocenters. The van der Waals surface area contributed by atoms with Crippen LogP contribution in [0.25, 0.3) is 10.9 Å². The monoisotopic (exact) mass is 203 g/mol. The molecule has 0 amide bonds. The number of hydrogen-bond donors (Lipinski definition) is 1. The van der Waals surface area contributed by atoms with E-state index in [-0.39, 0.29) is 5.39 Å². The lowest BCUT2D eigenvalue weighted by Gasteiger charge is -2.05. The summed E-state index contributed by atoms with van der Waals surface area (Å²) in [7, 11) is 0. The second-order valence-corrected chi connectivity index (χ2v) is 2.89. The molecule has 0 aliphatic carbocycles. The van der Waals surface area contributed by atoms with Gasteiger partial charge in [-0.1, -0.05) is 0 Å². The molecule has 1 aromatic heterocycles. The summed E-state index contributed by atoms with van der Waals surface area (Å²) in [4.78, 5) is 2.52. The highest BCUT2D eigenvalue weighted by Crippen LogP contribution is 2.31. The van der Waals surface area contributed by atoms with Crippen LogP contribution in [-0.2, 0) is 6.18 Å². The van der Waals surface area contributed by atoms with E-state index in [9.17, 15) is 17.6 Å². The molecule has 0 fully saturated rings. The molecule has 0 bridgehead atoms. The molecule has 0 aliphatic heterocycles. The Bertz CT molecular complexity index is 469. The van der Waals surface area contributed by atoms with Gasteiger partial charge in [0.05, 0.1) is 5.56 Å². The minimum absolute atomic E-state index is 0.0418. The zero-order valence-electron chi connectivity index (χ0n) is 6.82. The normalized spacial score (nSPS) is 12.3. The molecule has 14 heavy (non-hydrogen) atoms. The minimum Gasteiger partial charge on any atom is -0.359 e. The van der Waals surface area contributed by atoms with Crippen molar-refractivity contribution in [3.8, 4) is 0 Å². The third kappa shape index (κ3) is 1.34. The number of H-pyrrole nitrogens is 1. The van der Waals surface area contributed by atoms with Gasteiger partial charge < -0.3 is 4.98 Å². The van der Waals surface area contributed by atoms with Gasteiger partial charge in [0.1, 0.15) is 5.82 Å². The topological polar surface area (TPSA) is 15.8 Å². The Kier molecular flexibility index (Phi) is 1.77. The second-order valence-electron chi connectivity index (χ2n) is 2.89. The van der Waals surface area contributed by atoms with Crippen molar-refractivity contribution in [2.45, 2.75) is 6.18 Å². The number of hydrogen-bond acceptors (Lipinski definition) is 0. The number of benzene rings is 1. The third-order valence-corrected chi connectivity index (χ3v) is 1.96. The Morgan fingerprint density at radius 3 is 2.50 bits per heavy atom. The molecule has 0 saturated heterocycles. The molecular formula is C9H5F4N. The molecule has 0 radical (unpaired) electrons. The summed E-state index contributed by atoms with van der Waals surface area (Å²) < 4.78 is 49.6. The van der Waals surface area contributed by atoms with Crippen LogP contribution < -0.4 is 0 Å². The minimum atomic E-state index is -4.43. The lowest BCUT2D eigenvalue weighted by Crippen LogP contribution is -2.04. The van der Waals surface area contributed by atoms with Crippen molar-refractivity contribution in [2.24, 2.45) is 0 Å². The Labute approximate surface area is 76.3 Å². The highest BCUT2D eigenvalue weighted by atomic mass is 19.4. The van der Waals surface area contributed by atoms with Gasteiger partial charge in [-0.25, -0.2) is 4.39 Å². The van der Waals surface area contributed by atoms with Crippen LogP contribution in [0.2, 0.25) is 0 Å². The van der Waals surface area contributed by atoms with E-state index in [1.54, 1.807) is 0 Å². The first-order valence-corrected chi connectivity index (χ1v) is 3.82. The van der Waals surface area contributed by atoms with Crippen LogP contribution in [-0.4, -0.2) is 4.98 Å². The van der Waals surface area contributed by atoms with Crippen LogP contribution in [0.3, 0.4) is 0 Å². The van der Waals surface area contributed by atoms with E-state index in [0.717, 1.165) is 18.3 Å². The lowest BCUT2D eigenvalue weighted by molar-refractivity contribution is -0.137. The summed E-state index contributed by atoms with van der Waals surface area (Å²) in [5.74, 6) is -0.675. The maximum atomic E-state index is 12.9. The summed E-state index contributed by atoms with van der Waals surface area (Å²) in [6, 6.07) is 2.92. The molecule has 1 nitrogen and oxygen atoms in total. The van der Waals surface area contributed by atoms with Crippen LogP contribution in [0.15, 0.2) is 24.4 Å². The fourth-order valence-electron chi connectivity index (χ4n) is 1.26. The maximum Gasteiger partial charge on any atom is 0.416 e. The molecule has 2 aromatic rings. The molecule has 1 aromatic carbocycles. The van der Waals surface area contributed by atoms with Crippen molar-refractivity contribution < 1.29 is 17.6 Å². The molecule has 5 heteroatoms. The van der Waals surface area contributed by atoms with Crippen molar-refractivity contribution in [1.82, 2.24) is 4.98 Å². The lowest BCUT2D eigenvalue weighted by atomic mass is 10.1. The highest BCUT2D eigenvalue weighted by Gasteiger charge is 2.30. The maximum absolute atomic E-state index is 12.9. The Morgan fingerprint density at radius 2 is 1.86 bits per heavy atom. The smallest absolute Gasteiger partial charge is 0.359 e. The van der Waals surface area contributed by atoms with Gasteiger partial charge in [-0.05, 0) is 18.2 Å². The first kappa shape index (κ1) is 9.05. The molecule has 0 spiro atoms. The molecule has 74 valence electrons. The van der Waals surface area contributed by atoms with Gasteiger partial charge in [-0.2, -0.15) is 13.2 Å². The van der Waals surface area contributed by atoms with Crippen molar-refractivity contribution >= 4 is 10.9 Å². The van der Waals surface area contributed by atoms with Crippen LogP contribution in [0.5, 0.6) is 0 Å². The highest BCUT2D eigenvalue weighted by molar-refractivity contribution is 5.80. The number of nitrogens with one attached hydrogen (secondary N) is 1. The van der Waals surface area contributed by atoms with Gasteiger partial charge in [0, 0.05) is 17.1 Å². The van der Waals surface area contributed by atoms with Gasteiger partial charge in [-0.3, -0.25) is 0 Å². The van der Waals surface area contributed by atoms with Gasteiger partial charge >= 0.3 is 6.18 Å². The molecule has 2 rings (SSSR count). The van der Waals surface area contributed by atoms with E-state index < -0.39 is 17.6 Å². The first-order chi connectivity index (χ1) is 6.48. The predicted molar refractivity (Wildman–Crippen MR) is 43.3 cm³/mol. The number of rotatable bonds is 0. The average molecular weight is 203 g/mol. The molecule has 0 saturated carbocycles. The van der Waals surface area contributed by atoms with E-state index in [1.165, 1.54) is 6.07 Å². The van der Waals surface area contributed by atoms with Crippen molar-refractivity contribution in [1.29, 1.82) is 0 Å². The van der Waals surface area contributed by atoms with Gasteiger partial charge in [0.2, 0.25) is 0 Å². The summed E-state index contributed by atoms with van der Waals surface area (Å²) in [5.41, 5.74) is -0.487. The Morgan fingerprint density at radius 1 is 1.14 bits per heavy atom. The van der Waals surface area contributed by atoms with Crippen molar-refractivity contribution in [2.75, 3.05) is 0 Å². The number of fused-ring (bicyclic) bond motifs is 1. The molecule has 1 N–H and O–H groups in total. The van der Waals surface area contributed by atoms with E-state index >= 15 is 0 Å². The largest absolute Gasteiger partial charge is 0.416 e. The fourth-order valence-corrected chi connectivity index (χ4v) is 1.26. The summed E-state index contributed by atoms with van der Waals surface area (Å²) in [6.07, 6.45) is -3.40. The number of aromatic amines is 1. The van der Waals surface area contributed by atoms with Crippen LogP contribution in [0, 0.1) is 5.82 Å². The van der Waals surface area contributed by atoms with Crippen molar-refractivity contribution in [3.05, 3.63) is 35.8 Å². The van der Waals surface area contributed by atoms with E-state index in [4.69, 9.17) is 0 Å². The molecular weight excluding hydrogens is 198 g/mol. The Balaban J connectivity index is 2.66. The molecule has 1 heterocycles. The third-order valence-electron chi connectivity index (χ3n) is 1.96. The van der Waals surface area contributed by atoms with Crippen LogP contribution in [0.1, 0.15) is 5.56 Å². The van der Waals surface area contributed by atoms with E-state index in [1.807, 2.05) is 0 Å². The van der Waals surface area contributed by atoms with E-state index in [2.05, 4.69) is 4.98 Å². The van der Waals surface area contributed by atoms with Gasteiger partial charge in [0.25, 0.3) is 0 Å².